The van der Waals surface area contributed by atoms with Crippen LogP contribution in [0, 0.1) is 62.2 Å². The molecule has 1 spiro atoms. The van der Waals surface area contributed by atoms with E-state index < -0.39 is 35.4 Å². The Morgan fingerprint density at radius 3 is 2.33 bits per heavy atom. The van der Waals surface area contributed by atoms with E-state index in [-0.39, 0.29) is 23.8 Å². The molecule has 0 radical (unpaired) electrons. The van der Waals surface area contributed by atoms with Gasteiger partial charge in [0.15, 0.2) is 0 Å². The Labute approximate surface area is 251 Å². The van der Waals surface area contributed by atoms with Crippen LogP contribution < -0.4 is 0 Å². The molecule has 2 aromatic carbocycles. The van der Waals surface area contributed by atoms with Crippen LogP contribution in [0.4, 0.5) is 0 Å². The highest BCUT2D eigenvalue weighted by Crippen LogP contribution is 2.60. The van der Waals surface area contributed by atoms with Crippen LogP contribution in [-0.2, 0) is 32.0 Å². The minimum atomic E-state index is -0.983. The topological polar surface area (TPSA) is 60.4 Å². The van der Waals surface area contributed by atoms with Crippen LogP contribution in [0.2, 0.25) is 0 Å². The molecular formula is C38H46O4. The van der Waals surface area contributed by atoms with Gasteiger partial charge in [0.1, 0.15) is 23.0 Å². The number of rotatable bonds is 9. The first kappa shape index (κ1) is 29.2. The number of Topliss-reactive ketones (excluding diaryl/α,β-unsaturated/α-hetero) is 3. The van der Waals surface area contributed by atoms with Crippen molar-refractivity contribution in [2.75, 3.05) is 0 Å². The summed E-state index contributed by atoms with van der Waals surface area (Å²) in [6, 6.07) is 14.7. The summed E-state index contributed by atoms with van der Waals surface area (Å²) in [5.41, 5.74) is 4.63. The average Bonchev–Trinajstić information content (AvgIpc) is 3.57. The molecule has 2 bridgehead atoms. The molecule has 4 nitrogen and oxygen atoms in total. The summed E-state index contributed by atoms with van der Waals surface area (Å²) in [4.78, 5) is 42.8. The van der Waals surface area contributed by atoms with E-state index in [9.17, 15) is 14.4 Å². The van der Waals surface area contributed by atoms with E-state index >= 15 is 0 Å². The Hall–Kier alpha value is -2.85. The summed E-state index contributed by atoms with van der Waals surface area (Å²) in [7, 11) is 0. The number of benzene rings is 2. The maximum absolute atomic E-state index is 14.4. The second kappa shape index (κ2) is 11.3. The van der Waals surface area contributed by atoms with Gasteiger partial charge in [-0.1, -0.05) is 98.0 Å². The fraction of sp³-hybridized carbons (Fsp3) is 0.553. The lowest BCUT2D eigenvalue weighted by molar-refractivity contribution is -0.135. The summed E-state index contributed by atoms with van der Waals surface area (Å²) in [5, 5.41) is 0. The molecule has 222 valence electrons. The van der Waals surface area contributed by atoms with Crippen LogP contribution in [0.25, 0.3) is 0 Å². The van der Waals surface area contributed by atoms with Crippen molar-refractivity contribution in [3.05, 3.63) is 82.4 Å². The summed E-state index contributed by atoms with van der Waals surface area (Å²) >= 11 is 0. The Bertz CT molecular complexity index is 1380. The van der Waals surface area contributed by atoms with Crippen LogP contribution in [0.3, 0.4) is 0 Å². The van der Waals surface area contributed by atoms with Crippen molar-refractivity contribution < 1.29 is 19.1 Å². The normalized spacial score (nSPS) is 35.0. The fourth-order valence-electron chi connectivity index (χ4n) is 8.97. The Morgan fingerprint density at radius 2 is 1.62 bits per heavy atom. The SMILES string of the molecule is Cc1ccc(CCC2C(=O)C3C(C(=O)Cc4cc(C)cc(C)c4)C4C=CC3(O4)C2C(=O)CC2CCCC(C)C2C)cc1. The second-order valence-electron chi connectivity index (χ2n) is 14.1. The predicted molar refractivity (Wildman–Crippen MR) is 165 cm³/mol. The highest BCUT2D eigenvalue weighted by Gasteiger charge is 2.72. The van der Waals surface area contributed by atoms with Crippen molar-refractivity contribution >= 4 is 17.3 Å². The van der Waals surface area contributed by atoms with Crippen molar-refractivity contribution in [1.82, 2.24) is 0 Å². The molecule has 6 rings (SSSR count). The first-order chi connectivity index (χ1) is 20.1. The lowest BCUT2D eigenvalue weighted by atomic mass is 9.68. The summed E-state index contributed by atoms with van der Waals surface area (Å²) in [6.07, 6.45) is 9.11. The summed E-state index contributed by atoms with van der Waals surface area (Å²) < 4.78 is 6.67. The van der Waals surface area contributed by atoms with Crippen LogP contribution in [0.15, 0.2) is 54.6 Å². The number of fused-ring (bicyclic) bond motifs is 1. The predicted octanol–water partition coefficient (Wildman–Crippen LogP) is 7.14. The van der Waals surface area contributed by atoms with Gasteiger partial charge in [0.05, 0.1) is 23.9 Å². The summed E-state index contributed by atoms with van der Waals surface area (Å²) in [6.45, 7) is 10.7. The molecule has 2 aromatic rings. The smallest absolute Gasteiger partial charge is 0.144 e. The van der Waals surface area contributed by atoms with E-state index in [0.29, 0.717) is 30.6 Å². The molecule has 0 N–H and O–H groups in total. The zero-order chi connectivity index (χ0) is 29.8. The van der Waals surface area contributed by atoms with Crippen molar-refractivity contribution in [2.45, 2.75) is 91.3 Å². The van der Waals surface area contributed by atoms with E-state index in [2.05, 4.69) is 63.2 Å². The zero-order valence-corrected chi connectivity index (χ0v) is 25.9. The van der Waals surface area contributed by atoms with E-state index in [0.717, 1.165) is 36.0 Å². The molecule has 9 atom stereocenters. The van der Waals surface area contributed by atoms with E-state index in [1.165, 1.54) is 17.5 Å². The molecule has 9 unspecified atom stereocenters. The highest BCUT2D eigenvalue weighted by molar-refractivity contribution is 6.02. The van der Waals surface area contributed by atoms with E-state index in [1.54, 1.807) is 0 Å². The van der Waals surface area contributed by atoms with Gasteiger partial charge in [-0.3, -0.25) is 14.4 Å². The summed E-state index contributed by atoms with van der Waals surface area (Å²) in [5.74, 6) is -0.343. The molecule has 2 aliphatic carbocycles. The fourth-order valence-corrected chi connectivity index (χ4v) is 8.97. The molecule has 42 heavy (non-hydrogen) atoms. The molecule has 1 saturated heterocycles. The number of hydrogen-bond donors (Lipinski definition) is 0. The van der Waals surface area contributed by atoms with Crippen molar-refractivity contribution in [1.29, 1.82) is 0 Å². The van der Waals surface area contributed by atoms with Crippen molar-refractivity contribution in [3.8, 4) is 0 Å². The number of ether oxygens (including phenoxy) is 1. The quantitative estimate of drug-likeness (QED) is 0.303. The number of ketones is 3. The third-order valence-corrected chi connectivity index (χ3v) is 11.2. The first-order valence-electron chi connectivity index (χ1n) is 16.2. The number of carbonyl (C=O) groups is 3. The molecule has 2 heterocycles. The molecule has 2 saturated carbocycles. The van der Waals surface area contributed by atoms with Gasteiger partial charge in [0.25, 0.3) is 0 Å². The molecule has 4 aliphatic rings. The molecule has 0 aromatic heterocycles. The van der Waals surface area contributed by atoms with Crippen LogP contribution in [-0.4, -0.2) is 29.1 Å². The standard InChI is InChI=1S/C38H46O4/c1-22-9-11-27(12-10-22)13-14-30-35(32(40)21-29-8-6-7-25(4)26(29)5)38-16-15-33(42-38)34(36(38)37(30)41)31(39)20-28-18-23(2)17-24(3)19-28/h9-12,15-19,25-26,29-30,33-36H,6-8,13-14,20-21H2,1-5H3. The van der Waals surface area contributed by atoms with Gasteiger partial charge in [-0.15, -0.1) is 0 Å². The molecule has 0 amide bonds. The monoisotopic (exact) mass is 566 g/mol. The van der Waals surface area contributed by atoms with Gasteiger partial charge >= 0.3 is 0 Å². The van der Waals surface area contributed by atoms with Gasteiger partial charge in [-0.25, -0.2) is 0 Å². The Morgan fingerprint density at radius 1 is 0.905 bits per heavy atom. The second-order valence-corrected chi connectivity index (χ2v) is 14.1. The van der Waals surface area contributed by atoms with Crippen molar-refractivity contribution in [3.63, 3.8) is 0 Å². The zero-order valence-electron chi connectivity index (χ0n) is 25.9. The van der Waals surface area contributed by atoms with Gasteiger partial charge in [0.2, 0.25) is 0 Å². The maximum Gasteiger partial charge on any atom is 0.144 e. The minimum absolute atomic E-state index is 0.0506. The lowest BCUT2D eigenvalue weighted by Crippen LogP contribution is -2.44. The van der Waals surface area contributed by atoms with Crippen LogP contribution in [0.5, 0.6) is 0 Å². The highest BCUT2D eigenvalue weighted by atomic mass is 16.5. The van der Waals surface area contributed by atoms with Gasteiger partial charge in [-0.05, 0) is 68.9 Å². The number of carbonyl (C=O) groups excluding carboxylic acids is 3. The van der Waals surface area contributed by atoms with E-state index in [4.69, 9.17) is 4.74 Å². The minimum Gasteiger partial charge on any atom is -0.361 e. The Balaban J connectivity index is 1.30. The first-order valence-corrected chi connectivity index (χ1v) is 16.2. The average molecular weight is 567 g/mol. The molecule has 2 aliphatic heterocycles. The van der Waals surface area contributed by atoms with E-state index in [1.807, 2.05) is 26.0 Å². The third-order valence-electron chi connectivity index (χ3n) is 11.2. The van der Waals surface area contributed by atoms with Gasteiger partial charge in [-0.2, -0.15) is 0 Å². The largest absolute Gasteiger partial charge is 0.361 e. The van der Waals surface area contributed by atoms with Crippen molar-refractivity contribution in [2.24, 2.45) is 41.4 Å². The molecule has 3 fully saturated rings. The third kappa shape index (κ3) is 5.14. The molecular weight excluding hydrogens is 520 g/mol. The van der Waals surface area contributed by atoms with Crippen LogP contribution in [0.1, 0.15) is 73.8 Å². The maximum atomic E-state index is 14.4. The lowest BCUT2D eigenvalue weighted by Gasteiger charge is -2.36. The van der Waals surface area contributed by atoms with Gasteiger partial charge < -0.3 is 4.74 Å². The Kier molecular flexibility index (Phi) is 7.89. The van der Waals surface area contributed by atoms with Gasteiger partial charge in [0, 0.05) is 18.8 Å². The number of aryl methyl sites for hydroxylation is 4. The number of hydrogen-bond acceptors (Lipinski definition) is 4. The van der Waals surface area contributed by atoms with Crippen LogP contribution >= 0.6 is 0 Å². The molecule has 4 heteroatoms.